The predicted molar refractivity (Wildman–Crippen MR) is 109 cm³/mol. The first-order valence-corrected chi connectivity index (χ1v) is 9.69. The summed E-state index contributed by atoms with van der Waals surface area (Å²) in [6.07, 6.45) is 2.10. The number of nitrogens with one attached hydrogen (secondary N) is 2. The molecule has 28 heavy (non-hydrogen) atoms. The van der Waals surface area contributed by atoms with E-state index in [-0.39, 0.29) is 24.2 Å². The molecule has 2 aromatic rings. The van der Waals surface area contributed by atoms with Gasteiger partial charge in [-0.15, -0.1) is 0 Å². The van der Waals surface area contributed by atoms with Gasteiger partial charge in [0.2, 0.25) is 11.8 Å². The molecule has 6 heteroatoms. The zero-order chi connectivity index (χ0) is 19.9. The summed E-state index contributed by atoms with van der Waals surface area (Å²) in [6, 6.07) is 13.0. The highest BCUT2D eigenvalue weighted by molar-refractivity contribution is 5.98. The molecule has 1 fully saturated rings. The second-order valence-electron chi connectivity index (χ2n) is 6.68. The van der Waals surface area contributed by atoms with Crippen LogP contribution in [0.3, 0.4) is 0 Å². The monoisotopic (exact) mass is 382 g/mol. The van der Waals surface area contributed by atoms with Crippen LogP contribution in [-0.4, -0.2) is 25.0 Å². The van der Waals surface area contributed by atoms with Gasteiger partial charge in [0, 0.05) is 18.1 Å². The zero-order valence-electron chi connectivity index (χ0n) is 16.3. The number of anilines is 2. The maximum absolute atomic E-state index is 12.5. The molecular weight excluding hydrogens is 356 g/mol. The van der Waals surface area contributed by atoms with Crippen molar-refractivity contribution in [3.8, 4) is 11.5 Å². The van der Waals surface area contributed by atoms with Crippen LogP contribution >= 0.6 is 0 Å². The molecule has 148 valence electrons. The summed E-state index contributed by atoms with van der Waals surface area (Å²) in [5, 5.41) is 5.82. The highest BCUT2D eigenvalue weighted by atomic mass is 16.5. The number of ether oxygens (including phenoxy) is 2. The van der Waals surface area contributed by atoms with Gasteiger partial charge in [0.05, 0.1) is 31.0 Å². The lowest BCUT2D eigenvalue weighted by Crippen LogP contribution is -2.17. The van der Waals surface area contributed by atoms with Crippen molar-refractivity contribution in [2.24, 2.45) is 5.92 Å². The Morgan fingerprint density at radius 3 is 2.04 bits per heavy atom. The van der Waals surface area contributed by atoms with Crippen molar-refractivity contribution in [3.05, 3.63) is 48.0 Å². The summed E-state index contributed by atoms with van der Waals surface area (Å²) in [7, 11) is 0. The molecule has 2 N–H and O–H groups in total. The van der Waals surface area contributed by atoms with E-state index in [0.717, 1.165) is 18.4 Å². The third-order valence-corrected chi connectivity index (χ3v) is 4.37. The van der Waals surface area contributed by atoms with E-state index in [1.165, 1.54) is 0 Å². The standard InChI is InChI=1S/C22H26N2O4/c1-3-27-19-14-18(24-22(26)16-10-11-16)20(28-4-2)13-17(19)23-21(25)12-15-8-6-5-7-9-15/h5-9,13-14,16H,3-4,10-12H2,1-2H3,(H,23,25)(H,24,26). The van der Waals surface area contributed by atoms with Gasteiger partial charge in [-0.2, -0.15) is 0 Å². The average Bonchev–Trinajstić information content (AvgIpc) is 3.51. The van der Waals surface area contributed by atoms with Crippen LogP contribution in [0.1, 0.15) is 32.3 Å². The molecule has 0 aliphatic heterocycles. The quantitative estimate of drug-likeness (QED) is 0.687. The third kappa shape index (κ3) is 5.25. The molecule has 1 saturated carbocycles. The number of carbonyl (C=O) groups is 2. The molecule has 0 heterocycles. The van der Waals surface area contributed by atoms with Crippen molar-refractivity contribution in [1.29, 1.82) is 0 Å². The Balaban J connectivity index is 1.82. The first-order valence-electron chi connectivity index (χ1n) is 9.69. The first-order chi connectivity index (χ1) is 13.6. The Labute approximate surface area is 165 Å². The first kappa shape index (κ1) is 19.7. The fourth-order valence-electron chi connectivity index (χ4n) is 2.86. The van der Waals surface area contributed by atoms with E-state index in [9.17, 15) is 9.59 Å². The largest absolute Gasteiger partial charge is 0.492 e. The number of benzene rings is 2. The van der Waals surface area contributed by atoms with Crippen LogP contribution in [0.15, 0.2) is 42.5 Å². The van der Waals surface area contributed by atoms with Gasteiger partial charge < -0.3 is 20.1 Å². The molecule has 0 radical (unpaired) electrons. The Morgan fingerprint density at radius 2 is 1.50 bits per heavy atom. The van der Waals surface area contributed by atoms with Gasteiger partial charge >= 0.3 is 0 Å². The number of hydrogen-bond acceptors (Lipinski definition) is 4. The lowest BCUT2D eigenvalue weighted by Gasteiger charge is -2.18. The Morgan fingerprint density at radius 1 is 0.929 bits per heavy atom. The van der Waals surface area contributed by atoms with E-state index >= 15 is 0 Å². The highest BCUT2D eigenvalue weighted by Gasteiger charge is 2.30. The lowest BCUT2D eigenvalue weighted by atomic mass is 10.1. The smallest absolute Gasteiger partial charge is 0.228 e. The molecule has 2 amide bonds. The fourth-order valence-corrected chi connectivity index (χ4v) is 2.86. The van der Waals surface area contributed by atoms with Gasteiger partial charge in [0.1, 0.15) is 11.5 Å². The molecule has 3 rings (SSSR count). The van der Waals surface area contributed by atoms with E-state index in [1.54, 1.807) is 12.1 Å². The van der Waals surface area contributed by atoms with Crippen LogP contribution in [0.4, 0.5) is 11.4 Å². The molecular formula is C22H26N2O4. The van der Waals surface area contributed by atoms with Crippen molar-refractivity contribution in [1.82, 2.24) is 0 Å². The molecule has 0 aromatic heterocycles. The Hall–Kier alpha value is -3.02. The number of rotatable bonds is 9. The van der Waals surface area contributed by atoms with Gasteiger partial charge in [0.15, 0.2) is 0 Å². The summed E-state index contributed by atoms with van der Waals surface area (Å²) in [5.41, 5.74) is 2.01. The van der Waals surface area contributed by atoms with Gasteiger partial charge in [0.25, 0.3) is 0 Å². The third-order valence-electron chi connectivity index (χ3n) is 4.37. The molecule has 1 aliphatic rings. The predicted octanol–water partition coefficient (Wildman–Crippen LogP) is 4.01. The molecule has 0 unspecified atom stereocenters. The summed E-state index contributed by atoms with van der Waals surface area (Å²) >= 11 is 0. The number of hydrogen-bond donors (Lipinski definition) is 2. The van der Waals surface area contributed by atoms with E-state index in [0.29, 0.717) is 36.1 Å². The number of carbonyl (C=O) groups excluding carboxylic acids is 2. The van der Waals surface area contributed by atoms with Crippen LogP contribution in [0.5, 0.6) is 11.5 Å². The Bertz CT molecular complexity index is 832. The second-order valence-corrected chi connectivity index (χ2v) is 6.68. The minimum Gasteiger partial charge on any atom is -0.492 e. The lowest BCUT2D eigenvalue weighted by molar-refractivity contribution is -0.117. The summed E-state index contributed by atoms with van der Waals surface area (Å²) < 4.78 is 11.4. The maximum Gasteiger partial charge on any atom is 0.228 e. The van der Waals surface area contributed by atoms with Crippen molar-refractivity contribution in [2.75, 3.05) is 23.8 Å². The van der Waals surface area contributed by atoms with E-state index in [1.807, 2.05) is 44.2 Å². The van der Waals surface area contributed by atoms with Crippen LogP contribution in [-0.2, 0) is 16.0 Å². The Kier molecular flexibility index (Phi) is 6.53. The summed E-state index contributed by atoms with van der Waals surface area (Å²) in [4.78, 5) is 24.7. The summed E-state index contributed by atoms with van der Waals surface area (Å²) in [5.74, 6) is 0.928. The molecule has 6 nitrogen and oxygen atoms in total. The van der Waals surface area contributed by atoms with Gasteiger partial charge in [-0.1, -0.05) is 30.3 Å². The molecule has 0 bridgehead atoms. The average molecular weight is 382 g/mol. The van der Waals surface area contributed by atoms with Crippen LogP contribution in [0.25, 0.3) is 0 Å². The molecule has 2 aromatic carbocycles. The van der Waals surface area contributed by atoms with Gasteiger partial charge in [-0.25, -0.2) is 0 Å². The normalized spacial score (nSPS) is 12.9. The molecule has 0 atom stereocenters. The van der Waals surface area contributed by atoms with Gasteiger partial charge in [-0.3, -0.25) is 9.59 Å². The van der Waals surface area contributed by atoms with Crippen LogP contribution in [0, 0.1) is 5.92 Å². The SMILES string of the molecule is CCOc1cc(NC(=O)C2CC2)c(OCC)cc1NC(=O)Cc1ccccc1. The minimum atomic E-state index is -0.149. The molecule has 0 saturated heterocycles. The van der Waals surface area contributed by atoms with E-state index in [2.05, 4.69) is 10.6 Å². The zero-order valence-corrected chi connectivity index (χ0v) is 16.3. The van der Waals surface area contributed by atoms with Gasteiger partial charge in [-0.05, 0) is 32.3 Å². The fraction of sp³-hybridized carbons (Fsp3) is 0.364. The van der Waals surface area contributed by atoms with Crippen molar-refractivity contribution in [2.45, 2.75) is 33.1 Å². The number of amides is 2. The van der Waals surface area contributed by atoms with Crippen LogP contribution < -0.4 is 20.1 Å². The van der Waals surface area contributed by atoms with Crippen LogP contribution in [0.2, 0.25) is 0 Å². The molecule has 0 spiro atoms. The second kappa shape index (κ2) is 9.26. The van der Waals surface area contributed by atoms with Crippen molar-refractivity contribution in [3.63, 3.8) is 0 Å². The minimum absolute atomic E-state index is 0.00994. The van der Waals surface area contributed by atoms with E-state index < -0.39 is 0 Å². The van der Waals surface area contributed by atoms with E-state index in [4.69, 9.17) is 9.47 Å². The topological polar surface area (TPSA) is 76.7 Å². The molecule has 1 aliphatic carbocycles. The maximum atomic E-state index is 12.5. The summed E-state index contributed by atoms with van der Waals surface area (Å²) in [6.45, 7) is 4.62. The van der Waals surface area contributed by atoms with Crippen molar-refractivity contribution < 1.29 is 19.1 Å². The highest BCUT2D eigenvalue weighted by Crippen LogP contribution is 2.38. The van der Waals surface area contributed by atoms with Crippen molar-refractivity contribution >= 4 is 23.2 Å².